The lowest BCUT2D eigenvalue weighted by atomic mass is 9.77. The minimum atomic E-state index is -0.758. The van der Waals surface area contributed by atoms with Crippen molar-refractivity contribution in [3.63, 3.8) is 0 Å². The number of ether oxygens (including phenoxy) is 1. The van der Waals surface area contributed by atoms with Gasteiger partial charge >= 0.3 is 5.97 Å². The summed E-state index contributed by atoms with van der Waals surface area (Å²) in [6.07, 6.45) is 0. The van der Waals surface area contributed by atoms with E-state index in [0.29, 0.717) is 5.13 Å². The van der Waals surface area contributed by atoms with Gasteiger partial charge in [-0.3, -0.25) is 0 Å². The van der Waals surface area contributed by atoms with Crippen molar-refractivity contribution in [3.05, 3.63) is 118 Å². The van der Waals surface area contributed by atoms with Crippen molar-refractivity contribution >= 4 is 28.1 Å². The average molecular weight is 472 g/mol. The molecular formula is C27H25N3O3S. The topological polar surface area (TPSA) is 83.8 Å². The molecule has 0 saturated carbocycles. The number of rotatable bonds is 8. The van der Waals surface area contributed by atoms with E-state index in [1.165, 1.54) is 11.3 Å². The lowest BCUT2D eigenvalue weighted by Crippen LogP contribution is -2.38. The van der Waals surface area contributed by atoms with E-state index < -0.39 is 11.5 Å². The van der Waals surface area contributed by atoms with Gasteiger partial charge in [0.15, 0.2) is 5.13 Å². The smallest absolute Gasteiger partial charge is 0.362 e. The van der Waals surface area contributed by atoms with E-state index in [4.69, 9.17) is 4.74 Å². The second kappa shape index (κ2) is 10.3. The predicted molar refractivity (Wildman–Crippen MR) is 135 cm³/mol. The highest BCUT2D eigenvalue weighted by Gasteiger charge is 2.37. The Balaban J connectivity index is 1.89. The van der Waals surface area contributed by atoms with Crippen LogP contribution < -0.4 is 5.32 Å². The summed E-state index contributed by atoms with van der Waals surface area (Å²) < 4.78 is 5.04. The Bertz CT molecular complexity index is 1180. The molecule has 3 aromatic carbocycles. The normalized spacial score (nSPS) is 11.8. The highest BCUT2D eigenvalue weighted by molar-refractivity contribution is 7.15. The number of oxime groups is 1. The Morgan fingerprint density at radius 3 is 1.82 bits per heavy atom. The first-order valence-corrected chi connectivity index (χ1v) is 11.7. The number of nitrogens with zero attached hydrogens (tertiary/aromatic N) is 2. The third-order valence-electron chi connectivity index (χ3n) is 5.50. The molecule has 0 fully saturated rings. The van der Waals surface area contributed by atoms with Gasteiger partial charge in [-0.15, -0.1) is 11.3 Å². The molecule has 172 valence electrons. The Kier molecular flexibility index (Phi) is 7.04. The van der Waals surface area contributed by atoms with Crippen LogP contribution >= 0.6 is 11.3 Å². The zero-order valence-electron chi connectivity index (χ0n) is 18.9. The second-order valence-corrected chi connectivity index (χ2v) is 8.77. The highest BCUT2D eigenvalue weighted by Crippen LogP contribution is 2.41. The van der Waals surface area contributed by atoms with E-state index in [0.717, 1.165) is 21.6 Å². The highest BCUT2D eigenvalue weighted by atomic mass is 32.1. The van der Waals surface area contributed by atoms with Gasteiger partial charge in [0.25, 0.3) is 0 Å². The van der Waals surface area contributed by atoms with E-state index in [2.05, 4.69) is 51.9 Å². The summed E-state index contributed by atoms with van der Waals surface area (Å²) in [4.78, 5) is 17.7. The van der Waals surface area contributed by atoms with Gasteiger partial charge in [0.2, 0.25) is 5.71 Å². The van der Waals surface area contributed by atoms with Crippen LogP contribution in [0, 0.1) is 6.92 Å². The monoisotopic (exact) mass is 471 g/mol. The van der Waals surface area contributed by atoms with Gasteiger partial charge < -0.3 is 15.3 Å². The summed E-state index contributed by atoms with van der Waals surface area (Å²) >= 11 is 1.38. The van der Waals surface area contributed by atoms with Gasteiger partial charge in [-0.05, 0) is 30.5 Å². The van der Waals surface area contributed by atoms with Crippen LogP contribution in [-0.4, -0.2) is 28.5 Å². The second-order valence-electron chi connectivity index (χ2n) is 7.57. The molecule has 0 spiro atoms. The van der Waals surface area contributed by atoms with Gasteiger partial charge in [-0.1, -0.05) is 96.2 Å². The average Bonchev–Trinajstić information content (AvgIpc) is 3.24. The summed E-state index contributed by atoms with van der Waals surface area (Å²) in [5.74, 6) is -0.717. The molecule has 0 aliphatic carbocycles. The van der Waals surface area contributed by atoms with Crippen molar-refractivity contribution in [3.8, 4) is 0 Å². The van der Waals surface area contributed by atoms with Gasteiger partial charge in [-0.25, -0.2) is 9.78 Å². The van der Waals surface area contributed by atoms with E-state index in [9.17, 15) is 10.0 Å². The van der Waals surface area contributed by atoms with Crippen LogP contribution in [0.1, 0.15) is 34.2 Å². The molecule has 2 N–H and O–H groups in total. The van der Waals surface area contributed by atoms with Crippen molar-refractivity contribution < 1.29 is 14.7 Å². The summed E-state index contributed by atoms with van der Waals surface area (Å²) in [5, 5.41) is 16.9. The van der Waals surface area contributed by atoms with Crippen molar-refractivity contribution in [2.75, 3.05) is 11.9 Å². The van der Waals surface area contributed by atoms with Crippen molar-refractivity contribution in [2.24, 2.45) is 5.16 Å². The Labute approximate surface area is 202 Å². The maximum Gasteiger partial charge on any atom is 0.362 e. The predicted octanol–water partition coefficient (Wildman–Crippen LogP) is 5.60. The minimum absolute atomic E-state index is 0.172. The maximum absolute atomic E-state index is 12.3. The Hall–Kier alpha value is -3.97. The Morgan fingerprint density at radius 2 is 1.41 bits per heavy atom. The maximum atomic E-state index is 12.3. The molecule has 0 bridgehead atoms. The molecule has 0 unspecified atom stereocenters. The molecule has 4 rings (SSSR count). The van der Waals surface area contributed by atoms with Gasteiger partial charge in [-0.2, -0.15) is 0 Å². The number of esters is 1. The number of carbonyl (C=O) groups is 1. The molecule has 0 aliphatic heterocycles. The number of aromatic nitrogens is 1. The first kappa shape index (κ1) is 23.2. The summed E-state index contributed by atoms with van der Waals surface area (Å²) in [6.45, 7) is 3.70. The molecule has 7 heteroatoms. The lowest BCUT2D eigenvalue weighted by Gasteiger charge is -2.36. The SMILES string of the molecule is CCOC(=O)/C(=N\O)c1nc(NC(c2ccccc2)(c2ccccc2)c2ccccc2)sc1C. The molecule has 0 amide bonds. The Morgan fingerprint density at radius 1 is 0.941 bits per heavy atom. The van der Waals surface area contributed by atoms with Crippen LogP contribution in [0.2, 0.25) is 0 Å². The summed E-state index contributed by atoms with van der Waals surface area (Å²) in [5.41, 5.74) is 2.41. The number of benzene rings is 3. The quantitative estimate of drug-likeness (QED) is 0.115. The molecule has 1 aromatic heterocycles. The van der Waals surface area contributed by atoms with E-state index >= 15 is 0 Å². The van der Waals surface area contributed by atoms with Gasteiger partial charge in [0, 0.05) is 4.88 Å². The molecule has 6 nitrogen and oxygen atoms in total. The third kappa shape index (κ3) is 4.43. The molecule has 0 aliphatic rings. The molecule has 4 aromatic rings. The number of nitrogens with one attached hydrogen (secondary N) is 1. The van der Waals surface area contributed by atoms with Crippen molar-refractivity contribution in [2.45, 2.75) is 19.4 Å². The van der Waals surface area contributed by atoms with Gasteiger partial charge in [0.1, 0.15) is 11.2 Å². The minimum Gasteiger partial charge on any atom is -0.461 e. The zero-order chi connectivity index (χ0) is 24.0. The summed E-state index contributed by atoms with van der Waals surface area (Å²) in [6, 6.07) is 30.5. The van der Waals surface area contributed by atoms with Crippen molar-refractivity contribution in [1.29, 1.82) is 0 Å². The number of hydrogen-bond donors (Lipinski definition) is 2. The molecule has 0 radical (unpaired) electrons. The fraction of sp³-hybridized carbons (Fsp3) is 0.148. The third-order valence-corrected chi connectivity index (χ3v) is 6.39. The van der Waals surface area contributed by atoms with Crippen molar-refractivity contribution in [1.82, 2.24) is 4.98 Å². The van der Waals surface area contributed by atoms with Crippen LogP contribution in [0.15, 0.2) is 96.2 Å². The van der Waals surface area contributed by atoms with E-state index in [-0.39, 0.29) is 18.0 Å². The molecule has 34 heavy (non-hydrogen) atoms. The molecule has 1 heterocycles. The van der Waals surface area contributed by atoms with Crippen LogP contribution in [-0.2, 0) is 15.1 Å². The largest absolute Gasteiger partial charge is 0.461 e. The number of anilines is 1. The van der Waals surface area contributed by atoms with Crippen LogP contribution in [0.5, 0.6) is 0 Å². The fourth-order valence-corrected chi connectivity index (χ4v) is 4.87. The number of hydrogen-bond acceptors (Lipinski definition) is 7. The number of carbonyl (C=O) groups excluding carboxylic acids is 1. The fourth-order valence-electron chi connectivity index (χ4n) is 4.00. The molecule has 0 atom stereocenters. The van der Waals surface area contributed by atoms with E-state index in [1.807, 2.05) is 61.5 Å². The molecule has 0 saturated heterocycles. The van der Waals surface area contributed by atoms with Gasteiger partial charge in [0.05, 0.1) is 6.61 Å². The van der Waals surface area contributed by atoms with Crippen LogP contribution in [0.3, 0.4) is 0 Å². The lowest BCUT2D eigenvalue weighted by molar-refractivity contribution is -0.135. The number of aryl methyl sites for hydroxylation is 1. The van der Waals surface area contributed by atoms with E-state index in [1.54, 1.807) is 6.92 Å². The zero-order valence-corrected chi connectivity index (χ0v) is 19.8. The molecular weight excluding hydrogens is 446 g/mol. The number of thiazole rings is 1. The first-order chi connectivity index (χ1) is 16.6. The first-order valence-electron chi connectivity index (χ1n) is 10.9. The van der Waals surface area contributed by atoms with Crippen LogP contribution in [0.25, 0.3) is 0 Å². The van der Waals surface area contributed by atoms with Crippen LogP contribution in [0.4, 0.5) is 5.13 Å². The summed E-state index contributed by atoms with van der Waals surface area (Å²) in [7, 11) is 0. The standard InChI is InChI=1S/C27H25N3O3S/c1-3-33-25(31)24(30-32)23-19(2)34-26(28-23)29-27(20-13-7-4-8-14-20,21-15-9-5-10-16-21)22-17-11-6-12-18-22/h4-18,32H,3H2,1-2H3,(H,28,29)/b30-24-.